The molecular weight excluding hydrogens is 284 g/mol. The Morgan fingerprint density at radius 2 is 2.18 bits per heavy atom. The second-order valence-corrected chi connectivity index (χ2v) is 5.64. The third kappa shape index (κ3) is 2.94. The summed E-state index contributed by atoms with van der Waals surface area (Å²) in [7, 11) is 0. The molecule has 1 saturated carbocycles. The molecule has 1 aromatic rings. The van der Waals surface area contributed by atoms with Crippen molar-refractivity contribution in [1.82, 2.24) is 9.97 Å². The Kier molecular flexibility index (Phi) is 3.07. The highest BCUT2D eigenvalue weighted by Crippen LogP contribution is 2.38. The van der Waals surface area contributed by atoms with Crippen LogP contribution in [0.5, 0.6) is 0 Å². The second-order valence-electron chi connectivity index (χ2n) is 4.82. The number of halogens is 1. The summed E-state index contributed by atoms with van der Waals surface area (Å²) in [6.45, 7) is 3.45. The Hall–Kier alpha value is -1.17. The van der Waals surface area contributed by atoms with E-state index in [1.54, 1.807) is 19.9 Å². The normalized spacial score (nSPS) is 15.7. The molecule has 6 heteroatoms. The van der Waals surface area contributed by atoms with Gasteiger partial charge in [0.15, 0.2) is 0 Å². The number of amides is 1. The highest BCUT2D eigenvalue weighted by molar-refractivity contribution is 9.10. The van der Waals surface area contributed by atoms with Gasteiger partial charge in [-0.2, -0.15) is 0 Å². The first-order valence-corrected chi connectivity index (χ1v) is 6.30. The predicted octanol–water partition coefficient (Wildman–Crippen LogP) is 1.79. The van der Waals surface area contributed by atoms with Gasteiger partial charge in [-0.15, -0.1) is 0 Å². The topological polar surface area (TPSA) is 80.9 Å². The van der Waals surface area contributed by atoms with E-state index in [4.69, 9.17) is 5.73 Å². The van der Waals surface area contributed by atoms with Gasteiger partial charge in [0.1, 0.15) is 21.8 Å². The Morgan fingerprint density at radius 1 is 1.53 bits per heavy atom. The van der Waals surface area contributed by atoms with Gasteiger partial charge >= 0.3 is 0 Å². The standard InChI is InChI=1S/C11H15BrN4O/c1-11(2,10(13)17)16-8-5-7(12)14-9(15-8)6-3-4-6/h5-6H,3-4H2,1-2H3,(H2,13,17)(H,14,15,16). The smallest absolute Gasteiger partial charge is 0.242 e. The highest BCUT2D eigenvalue weighted by Gasteiger charge is 2.29. The molecule has 1 fully saturated rings. The van der Waals surface area contributed by atoms with Gasteiger partial charge in [-0.25, -0.2) is 9.97 Å². The zero-order chi connectivity index (χ0) is 12.6. The van der Waals surface area contributed by atoms with Crippen molar-refractivity contribution in [1.29, 1.82) is 0 Å². The molecule has 0 aromatic carbocycles. The molecule has 2 rings (SSSR count). The van der Waals surface area contributed by atoms with Crippen LogP contribution in [0.2, 0.25) is 0 Å². The van der Waals surface area contributed by atoms with Crippen molar-refractivity contribution in [3.05, 3.63) is 16.5 Å². The SMILES string of the molecule is CC(C)(Nc1cc(Br)nc(C2CC2)n1)C(N)=O. The lowest BCUT2D eigenvalue weighted by Crippen LogP contribution is -2.45. The Balaban J connectivity index is 2.23. The number of carbonyl (C=O) groups excluding carboxylic acids is 1. The summed E-state index contributed by atoms with van der Waals surface area (Å²) in [6, 6.07) is 1.75. The number of anilines is 1. The van der Waals surface area contributed by atoms with E-state index in [1.165, 1.54) is 0 Å². The van der Waals surface area contributed by atoms with Crippen LogP contribution in [0.1, 0.15) is 38.4 Å². The lowest BCUT2D eigenvalue weighted by Gasteiger charge is -2.23. The zero-order valence-electron chi connectivity index (χ0n) is 9.83. The summed E-state index contributed by atoms with van der Waals surface area (Å²) in [6.07, 6.45) is 2.27. The number of nitrogens with one attached hydrogen (secondary N) is 1. The molecule has 92 valence electrons. The van der Waals surface area contributed by atoms with Crippen LogP contribution < -0.4 is 11.1 Å². The third-order valence-corrected chi connectivity index (χ3v) is 3.12. The first kappa shape index (κ1) is 12.3. The summed E-state index contributed by atoms with van der Waals surface area (Å²) in [5, 5.41) is 3.03. The molecule has 17 heavy (non-hydrogen) atoms. The largest absolute Gasteiger partial charge is 0.368 e. The summed E-state index contributed by atoms with van der Waals surface area (Å²) in [5.74, 6) is 1.49. The van der Waals surface area contributed by atoms with Gasteiger partial charge < -0.3 is 11.1 Å². The van der Waals surface area contributed by atoms with E-state index in [0.717, 1.165) is 23.3 Å². The van der Waals surface area contributed by atoms with Crippen molar-refractivity contribution in [2.45, 2.75) is 38.1 Å². The molecule has 1 heterocycles. The fraction of sp³-hybridized carbons (Fsp3) is 0.545. The molecule has 0 spiro atoms. The summed E-state index contributed by atoms with van der Waals surface area (Å²) >= 11 is 3.35. The van der Waals surface area contributed by atoms with E-state index < -0.39 is 11.4 Å². The van der Waals surface area contributed by atoms with Crippen LogP contribution >= 0.6 is 15.9 Å². The van der Waals surface area contributed by atoms with Crippen LogP contribution in [0, 0.1) is 0 Å². The molecule has 1 amide bonds. The number of hydrogen-bond donors (Lipinski definition) is 2. The Labute approximate surface area is 108 Å². The molecule has 3 N–H and O–H groups in total. The predicted molar refractivity (Wildman–Crippen MR) is 68.6 cm³/mol. The molecule has 0 unspecified atom stereocenters. The van der Waals surface area contributed by atoms with Gasteiger partial charge in [-0.05, 0) is 42.6 Å². The number of nitrogens with two attached hydrogens (primary N) is 1. The summed E-state index contributed by atoms with van der Waals surface area (Å²) in [4.78, 5) is 20.0. The second kappa shape index (κ2) is 4.25. The van der Waals surface area contributed by atoms with Crippen molar-refractivity contribution in [3.63, 3.8) is 0 Å². The molecule has 1 aromatic heterocycles. The molecule has 0 bridgehead atoms. The lowest BCUT2D eigenvalue weighted by molar-refractivity contribution is -0.121. The average Bonchev–Trinajstić information content (AvgIpc) is 2.98. The van der Waals surface area contributed by atoms with Gasteiger partial charge in [-0.3, -0.25) is 4.79 Å². The van der Waals surface area contributed by atoms with Crippen LogP contribution in [0.4, 0.5) is 5.82 Å². The third-order valence-electron chi connectivity index (χ3n) is 2.71. The fourth-order valence-electron chi connectivity index (χ4n) is 1.41. The molecule has 0 saturated heterocycles. The van der Waals surface area contributed by atoms with E-state index in [2.05, 4.69) is 31.2 Å². The van der Waals surface area contributed by atoms with E-state index >= 15 is 0 Å². The van der Waals surface area contributed by atoms with Crippen LogP contribution in [-0.2, 0) is 4.79 Å². The first-order valence-electron chi connectivity index (χ1n) is 5.51. The molecule has 1 aliphatic carbocycles. The van der Waals surface area contributed by atoms with Crippen molar-refractivity contribution in [2.75, 3.05) is 5.32 Å². The molecule has 0 radical (unpaired) electrons. The van der Waals surface area contributed by atoms with Gasteiger partial charge in [0.05, 0.1) is 0 Å². The summed E-state index contributed by atoms with van der Waals surface area (Å²) < 4.78 is 0.720. The molecule has 5 nitrogen and oxygen atoms in total. The van der Waals surface area contributed by atoms with E-state index in [-0.39, 0.29) is 0 Å². The number of hydrogen-bond acceptors (Lipinski definition) is 4. The van der Waals surface area contributed by atoms with Crippen molar-refractivity contribution in [2.24, 2.45) is 5.73 Å². The van der Waals surface area contributed by atoms with Gasteiger partial charge in [0, 0.05) is 12.0 Å². The van der Waals surface area contributed by atoms with Crippen molar-refractivity contribution in [3.8, 4) is 0 Å². The fourth-order valence-corrected chi connectivity index (χ4v) is 1.80. The quantitative estimate of drug-likeness (QED) is 0.831. The molecule has 0 aliphatic heterocycles. The molecule has 1 aliphatic rings. The highest BCUT2D eigenvalue weighted by atomic mass is 79.9. The minimum atomic E-state index is -0.825. The Bertz CT molecular complexity index is 457. The number of carbonyl (C=O) groups is 1. The van der Waals surface area contributed by atoms with E-state index in [0.29, 0.717) is 11.7 Å². The summed E-state index contributed by atoms with van der Waals surface area (Å²) in [5.41, 5.74) is 4.48. The van der Waals surface area contributed by atoms with Gasteiger partial charge in [0.25, 0.3) is 0 Å². The van der Waals surface area contributed by atoms with Gasteiger partial charge in [0.2, 0.25) is 5.91 Å². The number of primary amides is 1. The van der Waals surface area contributed by atoms with Gasteiger partial charge in [-0.1, -0.05) is 0 Å². The monoisotopic (exact) mass is 298 g/mol. The Morgan fingerprint density at radius 3 is 2.71 bits per heavy atom. The van der Waals surface area contributed by atoms with Crippen LogP contribution in [-0.4, -0.2) is 21.4 Å². The van der Waals surface area contributed by atoms with E-state index in [1.807, 2.05) is 0 Å². The zero-order valence-corrected chi connectivity index (χ0v) is 11.4. The maximum atomic E-state index is 11.2. The molecule has 0 atom stereocenters. The minimum absolute atomic E-state index is 0.416. The molecular formula is C11H15BrN4O. The average molecular weight is 299 g/mol. The number of rotatable bonds is 4. The van der Waals surface area contributed by atoms with Crippen LogP contribution in [0.3, 0.4) is 0 Å². The van der Waals surface area contributed by atoms with Crippen LogP contribution in [0.15, 0.2) is 10.7 Å². The minimum Gasteiger partial charge on any atom is -0.368 e. The van der Waals surface area contributed by atoms with Crippen molar-refractivity contribution < 1.29 is 4.79 Å². The number of nitrogens with zero attached hydrogens (tertiary/aromatic N) is 2. The van der Waals surface area contributed by atoms with E-state index in [9.17, 15) is 4.79 Å². The maximum absolute atomic E-state index is 11.2. The first-order chi connectivity index (χ1) is 7.88. The number of aromatic nitrogens is 2. The van der Waals surface area contributed by atoms with Crippen LogP contribution in [0.25, 0.3) is 0 Å². The maximum Gasteiger partial charge on any atom is 0.242 e. The lowest BCUT2D eigenvalue weighted by atomic mass is 10.1. The van der Waals surface area contributed by atoms with Crippen molar-refractivity contribution >= 4 is 27.7 Å².